The summed E-state index contributed by atoms with van der Waals surface area (Å²) in [5, 5.41) is 0. The van der Waals surface area contributed by atoms with Gasteiger partial charge in [0.15, 0.2) is 0 Å². The number of rotatable bonds is 0. The quantitative estimate of drug-likeness (QED) is 0.415. The molecule has 0 heterocycles. The molecular weight excluding hydrogens is 161 g/mol. The molecule has 0 nitrogen and oxygen atoms in total. The molecule has 0 aliphatic rings. The van der Waals surface area contributed by atoms with Gasteiger partial charge in [-0.05, 0) is 0 Å². The summed E-state index contributed by atoms with van der Waals surface area (Å²) >= 11 is 0. The second-order valence-electron chi connectivity index (χ2n) is 1.08. The Kier molecular flexibility index (Phi) is 13.9. The molecule has 0 amide bonds. The van der Waals surface area contributed by atoms with E-state index in [2.05, 4.69) is 13.0 Å². The molecule has 0 aromatic heterocycles. The van der Waals surface area contributed by atoms with Crippen molar-refractivity contribution in [1.29, 1.82) is 0 Å². The number of hydrogen-bond acceptors (Lipinski definition) is 0. The Hall–Kier alpha value is -0.157. The molecule has 44 valence electrons. The smallest absolute Gasteiger partial charge is 0.346 e. The van der Waals surface area contributed by atoms with Gasteiger partial charge in [0.05, 0.1) is 0 Å². The largest absolute Gasteiger partial charge is 2.00 e. The van der Waals surface area contributed by atoms with Gasteiger partial charge in [0.25, 0.3) is 0 Å². The van der Waals surface area contributed by atoms with Crippen LogP contribution in [0, 0.1) is 13.0 Å². The molecule has 0 bridgehead atoms. The van der Waals surface area contributed by atoms with E-state index in [4.69, 9.17) is 0 Å². The zero-order valence-electron chi connectivity index (χ0n) is 5.80. The van der Waals surface area contributed by atoms with E-state index in [9.17, 15) is 0 Å². The average Bonchev–Trinajstić information content (AvgIpc) is 1.96. The Labute approximate surface area is 70.1 Å². The van der Waals surface area contributed by atoms with E-state index in [1.165, 1.54) is 0 Å². The topological polar surface area (TPSA) is 0 Å². The van der Waals surface area contributed by atoms with Crippen LogP contribution in [0.4, 0.5) is 0 Å². The van der Waals surface area contributed by atoms with Crippen LogP contribution in [0.1, 0.15) is 6.92 Å². The van der Waals surface area contributed by atoms with Gasteiger partial charge in [-0.25, -0.2) is 0 Å². The van der Waals surface area contributed by atoms with Crippen molar-refractivity contribution in [2.75, 3.05) is 0 Å². The van der Waals surface area contributed by atoms with Crippen LogP contribution in [0.2, 0.25) is 0 Å². The van der Waals surface area contributed by atoms with E-state index in [1.807, 2.05) is 30.3 Å². The second-order valence-corrected chi connectivity index (χ2v) is 1.08. The predicted molar refractivity (Wildman–Crippen MR) is 36.3 cm³/mol. The molecule has 9 heavy (non-hydrogen) atoms. The van der Waals surface area contributed by atoms with Gasteiger partial charge in [-0.2, -0.15) is 43.3 Å². The van der Waals surface area contributed by atoms with Crippen LogP contribution in [0.15, 0.2) is 30.3 Å². The first-order valence-corrected chi connectivity index (χ1v) is 2.62. The van der Waals surface area contributed by atoms with E-state index in [0.717, 1.165) is 0 Å². The van der Waals surface area contributed by atoms with Crippen LogP contribution >= 0.6 is 0 Å². The summed E-state index contributed by atoms with van der Waals surface area (Å²) in [6, 6.07) is 12.5. The van der Waals surface area contributed by atoms with Crippen LogP contribution < -0.4 is 0 Å². The third-order valence-corrected chi connectivity index (χ3v) is 0.607. The van der Waals surface area contributed by atoms with Crippen molar-refractivity contribution >= 4 is 0 Å². The van der Waals surface area contributed by atoms with Gasteiger partial charge in [0.2, 0.25) is 0 Å². The maximum absolute atomic E-state index is 3.25. The van der Waals surface area contributed by atoms with Crippen molar-refractivity contribution in [3.8, 4) is 0 Å². The van der Waals surface area contributed by atoms with E-state index < -0.39 is 0 Å². The molecule has 0 spiro atoms. The van der Waals surface area contributed by atoms with Gasteiger partial charge in [0, 0.05) is 0 Å². The molecule has 1 aromatic rings. The normalized spacial score (nSPS) is 6.00. The fraction of sp³-hybridized carbons (Fsp3) is 0.125. The molecule has 0 aliphatic carbocycles. The van der Waals surface area contributed by atoms with Crippen LogP contribution in [-0.4, -0.2) is 0 Å². The third kappa shape index (κ3) is 7.84. The van der Waals surface area contributed by atoms with Crippen molar-refractivity contribution < 1.29 is 19.5 Å². The second kappa shape index (κ2) is 10.8. The molecule has 1 heteroatoms. The summed E-state index contributed by atoms with van der Waals surface area (Å²) in [5.41, 5.74) is 0. The molecule has 0 radical (unpaired) electrons. The zero-order chi connectivity index (χ0) is 6.24. The molecule has 0 unspecified atom stereocenters. The fourth-order valence-electron chi connectivity index (χ4n) is 0.342. The Bertz CT molecular complexity index is 76.5. The van der Waals surface area contributed by atoms with Crippen LogP contribution in [0.5, 0.6) is 0 Å². The maximum atomic E-state index is 3.25. The van der Waals surface area contributed by atoms with Gasteiger partial charge in [-0.3, -0.25) is 0 Å². The minimum absolute atomic E-state index is 0. The first kappa shape index (κ1) is 11.6. The van der Waals surface area contributed by atoms with Crippen LogP contribution in [-0.2, 0) is 19.5 Å². The van der Waals surface area contributed by atoms with Gasteiger partial charge < -0.3 is 6.92 Å². The Morgan fingerprint density at radius 2 is 1.44 bits per heavy atom. The summed E-state index contributed by atoms with van der Waals surface area (Å²) in [5.74, 6) is 0. The van der Waals surface area contributed by atoms with Crippen LogP contribution in [0.3, 0.4) is 0 Å². The third-order valence-electron chi connectivity index (χ3n) is 0.607. The molecule has 0 aliphatic heterocycles. The summed E-state index contributed by atoms with van der Waals surface area (Å²) in [7, 11) is 0. The summed E-state index contributed by atoms with van der Waals surface area (Å²) in [6.45, 7) is 5.00. The van der Waals surface area contributed by atoms with Gasteiger partial charge in [0.1, 0.15) is 0 Å². The fourth-order valence-corrected chi connectivity index (χ4v) is 0.342. The molecule has 0 N–H and O–H groups in total. The molecule has 0 atom stereocenters. The Balaban J connectivity index is 0. The van der Waals surface area contributed by atoms with Crippen molar-refractivity contribution in [2.24, 2.45) is 0 Å². The van der Waals surface area contributed by atoms with Crippen molar-refractivity contribution in [3.05, 3.63) is 43.3 Å². The predicted octanol–water partition coefficient (Wildman–Crippen LogP) is 2.32. The molecule has 1 rings (SSSR count). The van der Waals surface area contributed by atoms with Gasteiger partial charge in [-0.1, -0.05) is 0 Å². The van der Waals surface area contributed by atoms with Crippen molar-refractivity contribution in [2.45, 2.75) is 6.92 Å². The van der Waals surface area contributed by atoms with Crippen LogP contribution in [0.25, 0.3) is 0 Å². The van der Waals surface area contributed by atoms with Gasteiger partial charge in [-0.15, -0.1) is 0 Å². The summed E-state index contributed by atoms with van der Waals surface area (Å²) in [4.78, 5) is 0. The number of benzene rings is 1. The first-order valence-electron chi connectivity index (χ1n) is 2.62. The molecular formula is C8H10Zn. The monoisotopic (exact) mass is 170 g/mol. The SMILES string of the molecule is [CH2-]C.[Zn+2].[c-]1ccccc1. The number of hydrogen-bond donors (Lipinski definition) is 0. The first-order chi connectivity index (χ1) is 4.00. The van der Waals surface area contributed by atoms with Gasteiger partial charge >= 0.3 is 19.5 Å². The molecule has 0 saturated heterocycles. The van der Waals surface area contributed by atoms with Crippen molar-refractivity contribution in [3.63, 3.8) is 0 Å². The van der Waals surface area contributed by atoms with E-state index >= 15 is 0 Å². The van der Waals surface area contributed by atoms with E-state index in [-0.39, 0.29) is 19.5 Å². The Morgan fingerprint density at radius 3 is 1.56 bits per heavy atom. The zero-order valence-corrected chi connectivity index (χ0v) is 8.77. The molecule has 1 aromatic carbocycles. The summed E-state index contributed by atoms with van der Waals surface area (Å²) < 4.78 is 0. The summed E-state index contributed by atoms with van der Waals surface area (Å²) in [6.07, 6.45) is 0. The Morgan fingerprint density at radius 1 is 1.00 bits per heavy atom. The minimum Gasteiger partial charge on any atom is -0.346 e. The standard InChI is InChI=1S/C6H5.C2H5.Zn/c1-2-4-6-5-3-1;1-2;/h1-5H;1H2,2H3;/q2*-1;+2. The van der Waals surface area contributed by atoms with E-state index in [0.29, 0.717) is 0 Å². The van der Waals surface area contributed by atoms with E-state index in [1.54, 1.807) is 6.92 Å². The maximum Gasteiger partial charge on any atom is 2.00 e. The molecule has 0 saturated carbocycles. The van der Waals surface area contributed by atoms with Crippen molar-refractivity contribution in [1.82, 2.24) is 0 Å². The minimum atomic E-state index is 0. The average molecular weight is 172 g/mol. The molecule has 0 fully saturated rings.